The third-order valence-electron chi connectivity index (χ3n) is 4.86. The highest BCUT2D eigenvalue weighted by atomic mass is 35.5. The molecule has 1 saturated heterocycles. The highest BCUT2D eigenvalue weighted by Crippen LogP contribution is 2.24. The van der Waals surface area contributed by atoms with Gasteiger partial charge in [0.15, 0.2) is 0 Å². The predicted molar refractivity (Wildman–Crippen MR) is 110 cm³/mol. The van der Waals surface area contributed by atoms with Crippen LogP contribution in [0, 0.1) is 6.92 Å². The second-order valence-electron chi connectivity index (χ2n) is 7.02. The van der Waals surface area contributed by atoms with Crippen LogP contribution in [0.1, 0.15) is 21.5 Å². The number of aryl methyl sites for hydroxylation is 1. The molecular weight excluding hydrogens is 398 g/mol. The molecule has 1 aliphatic heterocycles. The van der Waals surface area contributed by atoms with E-state index in [2.05, 4.69) is 10.2 Å². The number of nitrogens with zero attached hydrogens (tertiary/aromatic N) is 2. The largest absolute Gasteiger partial charge is 0.348 e. The van der Waals surface area contributed by atoms with Crippen molar-refractivity contribution in [2.75, 3.05) is 33.2 Å². The molecule has 1 aliphatic rings. The van der Waals surface area contributed by atoms with E-state index in [-0.39, 0.29) is 15.5 Å². The summed E-state index contributed by atoms with van der Waals surface area (Å²) < 4.78 is 27.3. The van der Waals surface area contributed by atoms with E-state index < -0.39 is 15.9 Å². The number of benzene rings is 2. The summed E-state index contributed by atoms with van der Waals surface area (Å²) in [6.07, 6.45) is 0. The number of amides is 1. The van der Waals surface area contributed by atoms with E-state index in [1.165, 1.54) is 22.5 Å². The van der Waals surface area contributed by atoms with Gasteiger partial charge in [-0.1, -0.05) is 41.4 Å². The second kappa shape index (κ2) is 8.61. The van der Waals surface area contributed by atoms with Gasteiger partial charge in [-0.3, -0.25) is 4.79 Å². The fourth-order valence-corrected chi connectivity index (χ4v) is 4.65. The first-order valence-corrected chi connectivity index (χ1v) is 10.9. The van der Waals surface area contributed by atoms with Crippen LogP contribution in [0.15, 0.2) is 47.4 Å². The van der Waals surface area contributed by atoms with Gasteiger partial charge < -0.3 is 10.2 Å². The molecule has 0 unspecified atom stereocenters. The Morgan fingerprint density at radius 2 is 1.71 bits per heavy atom. The van der Waals surface area contributed by atoms with Crippen molar-refractivity contribution >= 4 is 27.5 Å². The van der Waals surface area contributed by atoms with Gasteiger partial charge in [-0.25, -0.2) is 8.42 Å². The Morgan fingerprint density at radius 3 is 2.36 bits per heavy atom. The molecule has 3 rings (SSSR count). The Hall–Kier alpha value is -1.93. The van der Waals surface area contributed by atoms with Gasteiger partial charge in [0, 0.05) is 32.7 Å². The lowest BCUT2D eigenvalue weighted by Crippen LogP contribution is -2.47. The van der Waals surface area contributed by atoms with E-state index in [0.717, 1.165) is 11.1 Å². The summed E-state index contributed by atoms with van der Waals surface area (Å²) in [5.41, 5.74) is 2.25. The molecule has 2 aromatic rings. The van der Waals surface area contributed by atoms with Crippen molar-refractivity contribution in [1.82, 2.24) is 14.5 Å². The van der Waals surface area contributed by atoms with Gasteiger partial charge in [0.05, 0.1) is 15.5 Å². The van der Waals surface area contributed by atoms with Crippen molar-refractivity contribution < 1.29 is 13.2 Å². The number of sulfonamides is 1. The summed E-state index contributed by atoms with van der Waals surface area (Å²) in [6, 6.07) is 12.1. The first-order valence-electron chi connectivity index (χ1n) is 9.09. The van der Waals surface area contributed by atoms with E-state index in [0.29, 0.717) is 32.7 Å². The molecule has 150 valence electrons. The minimum absolute atomic E-state index is 0.0851. The molecule has 1 N–H and O–H groups in total. The molecule has 8 heteroatoms. The standard InChI is InChI=1S/C20H24ClN3O3S/c1-15-3-5-16(6-4-15)14-22-20(25)18-13-17(7-8-19(18)21)28(26,27)24-11-9-23(2)10-12-24/h3-8,13H,9-12,14H2,1-2H3,(H,22,25). The minimum Gasteiger partial charge on any atom is -0.348 e. The van der Waals surface area contributed by atoms with Crippen LogP contribution in [0.25, 0.3) is 0 Å². The molecule has 1 fully saturated rings. The summed E-state index contributed by atoms with van der Waals surface area (Å²) in [6.45, 7) is 4.54. The molecule has 28 heavy (non-hydrogen) atoms. The molecule has 1 amide bonds. The Bertz CT molecular complexity index is 953. The summed E-state index contributed by atoms with van der Waals surface area (Å²) >= 11 is 6.17. The maximum atomic E-state index is 12.9. The van der Waals surface area contributed by atoms with Crippen molar-refractivity contribution in [1.29, 1.82) is 0 Å². The van der Waals surface area contributed by atoms with Gasteiger partial charge in [0.2, 0.25) is 10.0 Å². The number of carbonyl (C=O) groups excluding carboxylic acids is 1. The van der Waals surface area contributed by atoms with E-state index in [4.69, 9.17) is 11.6 Å². The van der Waals surface area contributed by atoms with Crippen molar-refractivity contribution in [2.24, 2.45) is 0 Å². The number of hydrogen-bond acceptors (Lipinski definition) is 4. The fraction of sp³-hybridized carbons (Fsp3) is 0.350. The molecule has 0 aromatic heterocycles. The fourth-order valence-electron chi connectivity index (χ4n) is 3.00. The lowest BCUT2D eigenvalue weighted by Gasteiger charge is -2.31. The van der Waals surface area contributed by atoms with Crippen LogP contribution in [0.3, 0.4) is 0 Å². The molecular formula is C20H24ClN3O3S. The van der Waals surface area contributed by atoms with Crippen LogP contribution in [0.4, 0.5) is 0 Å². The lowest BCUT2D eigenvalue weighted by molar-refractivity contribution is 0.0951. The second-order valence-corrected chi connectivity index (χ2v) is 9.36. The maximum absolute atomic E-state index is 12.9. The summed E-state index contributed by atoms with van der Waals surface area (Å²) in [5.74, 6) is -0.402. The smallest absolute Gasteiger partial charge is 0.253 e. The van der Waals surface area contributed by atoms with Crippen LogP contribution in [0.5, 0.6) is 0 Å². The third-order valence-corrected chi connectivity index (χ3v) is 7.08. The van der Waals surface area contributed by atoms with E-state index in [9.17, 15) is 13.2 Å². The Labute approximate surface area is 171 Å². The van der Waals surface area contributed by atoms with E-state index in [1.54, 1.807) is 0 Å². The quantitative estimate of drug-likeness (QED) is 0.805. The average molecular weight is 422 g/mol. The Morgan fingerprint density at radius 1 is 1.07 bits per heavy atom. The van der Waals surface area contributed by atoms with Crippen molar-refractivity contribution in [3.05, 3.63) is 64.2 Å². The van der Waals surface area contributed by atoms with Gasteiger partial charge >= 0.3 is 0 Å². The molecule has 2 aromatic carbocycles. The molecule has 1 heterocycles. The monoisotopic (exact) mass is 421 g/mol. The summed E-state index contributed by atoms with van der Waals surface area (Å²) in [7, 11) is -1.70. The number of halogens is 1. The van der Waals surface area contributed by atoms with E-state index >= 15 is 0 Å². The number of carbonyl (C=O) groups is 1. The average Bonchev–Trinajstić information content (AvgIpc) is 2.68. The molecule has 0 bridgehead atoms. The number of hydrogen-bond donors (Lipinski definition) is 1. The number of likely N-dealkylation sites (N-methyl/N-ethyl adjacent to an activating group) is 1. The highest BCUT2D eigenvalue weighted by molar-refractivity contribution is 7.89. The minimum atomic E-state index is -3.66. The first-order chi connectivity index (χ1) is 13.3. The van der Waals surface area contributed by atoms with Gasteiger partial charge in [-0.15, -0.1) is 0 Å². The van der Waals surface area contributed by atoms with Crippen molar-refractivity contribution in [2.45, 2.75) is 18.4 Å². The normalized spacial score (nSPS) is 16.1. The number of piperazine rings is 1. The topological polar surface area (TPSA) is 69.7 Å². The highest BCUT2D eigenvalue weighted by Gasteiger charge is 2.28. The molecule has 0 radical (unpaired) electrons. The van der Waals surface area contributed by atoms with Crippen LogP contribution in [-0.2, 0) is 16.6 Å². The van der Waals surface area contributed by atoms with E-state index in [1.807, 2.05) is 38.2 Å². The zero-order valence-electron chi connectivity index (χ0n) is 16.0. The van der Waals surface area contributed by atoms with Crippen LogP contribution in [0.2, 0.25) is 5.02 Å². The molecule has 0 aliphatic carbocycles. The summed E-state index contributed by atoms with van der Waals surface area (Å²) in [4.78, 5) is 14.8. The number of nitrogens with one attached hydrogen (secondary N) is 1. The zero-order chi connectivity index (χ0) is 20.3. The summed E-state index contributed by atoms with van der Waals surface area (Å²) in [5, 5.41) is 3.02. The molecule has 0 saturated carbocycles. The molecule has 0 atom stereocenters. The maximum Gasteiger partial charge on any atom is 0.253 e. The van der Waals surface area contributed by atoms with Crippen LogP contribution >= 0.6 is 11.6 Å². The van der Waals surface area contributed by atoms with Crippen molar-refractivity contribution in [3.63, 3.8) is 0 Å². The zero-order valence-corrected chi connectivity index (χ0v) is 17.6. The molecule has 6 nitrogen and oxygen atoms in total. The van der Waals surface area contributed by atoms with Gasteiger partial charge in [0.25, 0.3) is 5.91 Å². The Kier molecular flexibility index (Phi) is 6.40. The number of rotatable bonds is 5. The molecule has 0 spiro atoms. The third kappa shape index (κ3) is 4.72. The Balaban J connectivity index is 1.76. The van der Waals surface area contributed by atoms with Crippen LogP contribution < -0.4 is 5.32 Å². The van der Waals surface area contributed by atoms with Gasteiger partial charge in [-0.2, -0.15) is 4.31 Å². The lowest BCUT2D eigenvalue weighted by atomic mass is 10.1. The predicted octanol–water partition coefficient (Wildman–Crippen LogP) is 2.51. The van der Waals surface area contributed by atoms with Crippen molar-refractivity contribution in [3.8, 4) is 0 Å². The SMILES string of the molecule is Cc1ccc(CNC(=O)c2cc(S(=O)(=O)N3CCN(C)CC3)ccc2Cl)cc1. The van der Waals surface area contributed by atoms with Gasteiger partial charge in [0.1, 0.15) is 0 Å². The van der Waals surface area contributed by atoms with Crippen LogP contribution in [-0.4, -0.2) is 56.8 Å². The van der Waals surface area contributed by atoms with Gasteiger partial charge in [-0.05, 0) is 37.7 Å². The first kappa shape index (κ1) is 20.8.